The first-order valence-corrected chi connectivity index (χ1v) is 8.25. The number of hydrogen-bond acceptors (Lipinski definition) is 5. The predicted octanol–water partition coefficient (Wildman–Crippen LogP) is -2.57. The molecule has 2 atom stereocenters. The third-order valence-electron chi connectivity index (χ3n) is 3.99. The van der Waals surface area contributed by atoms with Gasteiger partial charge in [0, 0.05) is 12.2 Å². The SMILES string of the molecule is COc1ccc(NC(=O)N2CC[C@@H]3[C@H]2C(=O)N3S(=O)(=O)O)cc1.[H-].[Na+]. The fraction of sp³-hybridized carbons (Fsp3) is 0.385. The minimum atomic E-state index is -4.57. The van der Waals surface area contributed by atoms with E-state index in [1.165, 1.54) is 12.0 Å². The van der Waals surface area contributed by atoms with Crippen LogP contribution in [0, 0.1) is 0 Å². The average molecular weight is 365 g/mol. The average Bonchev–Trinajstić information content (AvgIpc) is 2.85. The number of methoxy groups -OCH3 is 1. The van der Waals surface area contributed by atoms with Gasteiger partial charge in [0.05, 0.1) is 13.2 Å². The topological polar surface area (TPSA) is 116 Å². The van der Waals surface area contributed by atoms with E-state index in [-0.39, 0.29) is 37.5 Å². The number of nitrogens with one attached hydrogen (secondary N) is 1. The molecule has 0 radical (unpaired) electrons. The number of amides is 3. The van der Waals surface area contributed by atoms with Crippen molar-refractivity contribution in [3.8, 4) is 5.75 Å². The summed E-state index contributed by atoms with van der Waals surface area (Å²) in [6.07, 6.45) is 0.298. The summed E-state index contributed by atoms with van der Waals surface area (Å²) >= 11 is 0. The van der Waals surface area contributed by atoms with Crippen LogP contribution in [0.4, 0.5) is 10.5 Å². The Labute approximate surface area is 162 Å². The second-order valence-electron chi connectivity index (χ2n) is 5.26. The first-order chi connectivity index (χ1) is 10.8. The van der Waals surface area contributed by atoms with Crippen molar-refractivity contribution < 1.29 is 58.3 Å². The molecule has 126 valence electrons. The van der Waals surface area contributed by atoms with Gasteiger partial charge in [0.1, 0.15) is 11.8 Å². The van der Waals surface area contributed by atoms with E-state index in [0.29, 0.717) is 22.2 Å². The van der Waals surface area contributed by atoms with E-state index < -0.39 is 34.3 Å². The Balaban J connectivity index is 0.00000156. The molecule has 0 bridgehead atoms. The Morgan fingerprint density at radius 3 is 2.54 bits per heavy atom. The number of benzene rings is 1. The van der Waals surface area contributed by atoms with Crippen LogP contribution in [-0.4, -0.2) is 59.9 Å². The molecule has 1 aromatic carbocycles. The molecule has 2 fully saturated rings. The maximum atomic E-state index is 12.3. The third-order valence-corrected chi connectivity index (χ3v) is 4.94. The Hall–Kier alpha value is -1.33. The number of rotatable bonds is 3. The van der Waals surface area contributed by atoms with Crippen molar-refractivity contribution in [2.24, 2.45) is 0 Å². The quantitative estimate of drug-likeness (QED) is 0.346. The number of likely N-dealkylation sites (tertiary alicyclic amines) is 1. The number of β-lactam (4-membered cyclic amide) rings is 1. The Bertz CT molecular complexity index is 760. The van der Waals surface area contributed by atoms with Gasteiger partial charge >= 0.3 is 45.9 Å². The smallest absolute Gasteiger partial charge is 1.00 e. The molecule has 1 aromatic rings. The van der Waals surface area contributed by atoms with E-state index >= 15 is 0 Å². The van der Waals surface area contributed by atoms with Crippen molar-refractivity contribution in [1.29, 1.82) is 0 Å². The molecule has 3 amide bonds. The molecule has 2 N–H and O–H groups in total. The second-order valence-corrected chi connectivity index (χ2v) is 6.55. The van der Waals surface area contributed by atoms with E-state index in [9.17, 15) is 18.0 Å². The van der Waals surface area contributed by atoms with Crippen molar-refractivity contribution >= 4 is 27.9 Å². The molecule has 0 spiro atoms. The van der Waals surface area contributed by atoms with Gasteiger partial charge in [0.15, 0.2) is 0 Å². The molecular weight excluding hydrogens is 349 g/mol. The number of carbonyl (C=O) groups excluding carboxylic acids is 2. The summed E-state index contributed by atoms with van der Waals surface area (Å²) in [6, 6.07) is 4.61. The van der Waals surface area contributed by atoms with Crippen LogP contribution in [0.25, 0.3) is 0 Å². The molecule has 0 aromatic heterocycles. The van der Waals surface area contributed by atoms with E-state index in [1.807, 2.05) is 0 Å². The van der Waals surface area contributed by atoms with Crippen LogP contribution in [-0.2, 0) is 15.1 Å². The third kappa shape index (κ3) is 3.24. The molecule has 2 aliphatic rings. The van der Waals surface area contributed by atoms with Crippen molar-refractivity contribution in [2.45, 2.75) is 18.5 Å². The number of nitrogens with zero attached hydrogens (tertiary/aromatic N) is 2. The monoisotopic (exact) mass is 365 g/mol. The van der Waals surface area contributed by atoms with Gasteiger partial charge < -0.3 is 16.4 Å². The van der Waals surface area contributed by atoms with Gasteiger partial charge in [-0.2, -0.15) is 8.42 Å². The number of urea groups is 1. The van der Waals surface area contributed by atoms with Crippen molar-refractivity contribution in [2.75, 3.05) is 19.0 Å². The zero-order valence-corrected chi connectivity index (χ0v) is 16.0. The summed E-state index contributed by atoms with van der Waals surface area (Å²) in [4.78, 5) is 25.4. The molecular formula is C13H16N3NaO6S. The summed E-state index contributed by atoms with van der Waals surface area (Å²) < 4.78 is 36.7. The largest absolute Gasteiger partial charge is 1.00 e. The van der Waals surface area contributed by atoms with Gasteiger partial charge in [-0.1, -0.05) is 0 Å². The van der Waals surface area contributed by atoms with Gasteiger partial charge in [-0.3, -0.25) is 9.35 Å². The first kappa shape index (κ1) is 19.0. The van der Waals surface area contributed by atoms with Gasteiger partial charge in [0.2, 0.25) is 0 Å². The van der Waals surface area contributed by atoms with Gasteiger partial charge in [-0.25, -0.2) is 9.10 Å². The zero-order valence-electron chi connectivity index (χ0n) is 14.2. The molecule has 24 heavy (non-hydrogen) atoms. The number of hydrogen-bond donors (Lipinski definition) is 2. The Morgan fingerprint density at radius 2 is 2.00 bits per heavy atom. The molecule has 0 saturated carbocycles. The van der Waals surface area contributed by atoms with Crippen molar-refractivity contribution in [3.63, 3.8) is 0 Å². The Kier molecular flexibility index (Phi) is 5.45. The molecule has 2 aliphatic heterocycles. The number of carbonyl (C=O) groups is 2. The number of ether oxygens (including phenoxy) is 1. The van der Waals surface area contributed by atoms with Crippen molar-refractivity contribution in [1.82, 2.24) is 9.21 Å². The van der Waals surface area contributed by atoms with E-state index in [4.69, 9.17) is 9.29 Å². The summed E-state index contributed by atoms with van der Waals surface area (Å²) in [7, 11) is -3.04. The van der Waals surface area contributed by atoms with Crippen LogP contribution in [0.2, 0.25) is 0 Å². The molecule has 11 heteroatoms. The second kappa shape index (κ2) is 6.89. The van der Waals surface area contributed by atoms with Crippen LogP contribution in [0.3, 0.4) is 0 Å². The molecule has 2 saturated heterocycles. The minimum absolute atomic E-state index is 0. The van der Waals surface area contributed by atoms with Crippen molar-refractivity contribution in [3.05, 3.63) is 24.3 Å². The maximum absolute atomic E-state index is 12.3. The zero-order chi connectivity index (χ0) is 16.8. The van der Waals surface area contributed by atoms with Crippen LogP contribution in [0.1, 0.15) is 7.85 Å². The van der Waals surface area contributed by atoms with Crippen LogP contribution < -0.4 is 39.6 Å². The van der Waals surface area contributed by atoms with Gasteiger partial charge in [0.25, 0.3) is 5.91 Å². The fourth-order valence-electron chi connectivity index (χ4n) is 2.91. The number of anilines is 1. The van der Waals surface area contributed by atoms with E-state index in [1.54, 1.807) is 24.3 Å². The standard InChI is InChI=1S/C13H15N3O6S.Na.H/c1-22-9-4-2-8(3-5-9)14-13(18)15-7-6-10-11(15)12(17)16(10)23(19,20)21;;/h2-5,10-11H,6-7H2,1H3,(H,14,18)(H,19,20,21);;/q;+1;-1/t10-,11+;;/m1../s1. The summed E-state index contributed by atoms with van der Waals surface area (Å²) in [6.45, 7) is 0.231. The number of fused-ring (bicyclic) bond motifs is 1. The predicted molar refractivity (Wildman–Crippen MR) is 80.4 cm³/mol. The van der Waals surface area contributed by atoms with Crippen LogP contribution in [0.5, 0.6) is 5.75 Å². The molecule has 2 heterocycles. The molecule has 3 rings (SSSR count). The first-order valence-electron chi connectivity index (χ1n) is 6.85. The van der Waals surface area contributed by atoms with Gasteiger partial charge in [-0.15, -0.1) is 0 Å². The fourth-order valence-corrected chi connectivity index (χ4v) is 3.81. The summed E-state index contributed by atoms with van der Waals surface area (Å²) in [5.74, 6) is -0.151. The molecule has 0 unspecified atom stereocenters. The molecule has 9 nitrogen and oxygen atoms in total. The van der Waals surface area contributed by atoms with E-state index in [2.05, 4.69) is 5.32 Å². The van der Waals surface area contributed by atoms with Gasteiger partial charge in [-0.05, 0) is 30.7 Å². The van der Waals surface area contributed by atoms with Crippen LogP contribution >= 0.6 is 0 Å². The Morgan fingerprint density at radius 1 is 1.38 bits per heavy atom. The van der Waals surface area contributed by atoms with Crippen LogP contribution in [0.15, 0.2) is 24.3 Å². The summed E-state index contributed by atoms with van der Waals surface area (Å²) in [5.41, 5.74) is 0.526. The van der Waals surface area contributed by atoms with E-state index in [0.717, 1.165) is 0 Å². The summed E-state index contributed by atoms with van der Waals surface area (Å²) in [5, 5.41) is 2.64. The molecule has 0 aliphatic carbocycles. The maximum Gasteiger partial charge on any atom is 1.00 e. The minimum Gasteiger partial charge on any atom is -1.00 e. The normalized spacial score (nSPS) is 22.3.